The molecule has 2 N–H and O–H groups in total. The first kappa shape index (κ1) is 12.4. The van der Waals surface area contributed by atoms with Gasteiger partial charge in [0.1, 0.15) is 5.65 Å². The average Bonchev–Trinajstić information content (AvgIpc) is 2.77. The Morgan fingerprint density at radius 1 is 1.21 bits per heavy atom. The van der Waals surface area contributed by atoms with E-state index in [1.807, 2.05) is 24.4 Å². The summed E-state index contributed by atoms with van der Waals surface area (Å²) in [7, 11) is 0. The zero-order valence-electron chi connectivity index (χ0n) is 10.4. The molecule has 4 heteroatoms. The van der Waals surface area contributed by atoms with Crippen LogP contribution in [0.4, 0.5) is 0 Å². The Labute approximate surface area is 120 Å². The van der Waals surface area contributed by atoms with Crippen LogP contribution in [-0.2, 0) is 13.1 Å². The average molecular weight is 316 g/mol. The molecule has 1 aromatic carbocycles. The zero-order valence-corrected chi connectivity index (χ0v) is 12.0. The van der Waals surface area contributed by atoms with Crippen LogP contribution in [0.3, 0.4) is 0 Å². The SMILES string of the molecule is NCc1cn(Cc2cccc(Br)c2)c2ncccc12. The van der Waals surface area contributed by atoms with Gasteiger partial charge in [0.25, 0.3) is 0 Å². The summed E-state index contributed by atoms with van der Waals surface area (Å²) in [4.78, 5) is 4.46. The fourth-order valence-corrected chi connectivity index (χ4v) is 2.76. The molecule has 0 aliphatic carbocycles. The zero-order chi connectivity index (χ0) is 13.2. The molecule has 0 saturated carbocycles. The summed E-state index contributed by atoms with van der Waals surface area (Å²) in [5.41, 5.74) is 9.16. The molecule has 0 fully saturated rings. The first-order chi connectivity index (χ1) is 9.28. The van der Waals surface area contributed by atoms with Crippen molar-refractivity contribution in [1.82, 2.24) is 9.55 Å². The molecule has 19 heavy (non-hydrogen) atoms. The summed E-state index contributed by atoms with van der Waals surface area (Å²) < 4.78 is 3.24. The molecule has 0 saturated heterocycles. The molecule has 0 aliphatic rings. The maximum Gasteiger partial charge on any atom is 0.140 e. The fraction of sp³-hybridized carbons (Fsp3) is 0.133. The van der Waals surface area contributed by atoms with Crippen LogP contribution in [0.5, 0.6) is 0 Å². The quantitative estimate of drug-likeness (QED) is 0.806. The predicted octanol–water partition coefficient (Wildman–Crippen LogP) is 3.31. The highest BCUT2D eigenvalue weighted by Gasteiger charge is 2.08. The highest BCUT2D eigenvalue weighted by molar-refractivity contribution is 9.10. The molecule has 3 nitrogen and oxygen atoms in total. The summed E-state index contributed by atoms with van der Waals surface area (Å²) >= 11 is 3.50. The van der Waals surface area contributed by atoms with E-state index in [0.29, 0.717) is 6.54 Å². The van der Waals surface area contributed by atoms with E-state index in [4.69, 9.17) is 5.73 Å². The summed E-state index contributed by atoms with van der Waals surface area (Å²) in [5, 5.41) is 1.14. The number of hydrogen-bond donors (Lipinski definition) is 1. The Balaban J connectivity index is 2.06. The Bertz CT molecular complexity index is 718. The highest BCUT2D eigenvalue weighted by Crippen LogP contribution is 2.21. The van der Waals surface area contributed by atoms with Crippen LogP contribution in [0, 0.1) is 0 Å². The molecule has 0 aliphatic heterocycles. The lowest BCUT2D eigenvalue weighted by molar-refractivity contribution is 0.818. The summed E-state index contributed by atoms with van der Waals surface area (Å²) in [5.74, 6) is 0. The maximum atomic E-state index is 5.80. The third kappa shape index (κ3) is 2.41. The first-order valence-electron chi connectivity index (χ1n) is 6.15. The summed E-state index contributed by atoms with van der Waals surface area (Å²) in [6.45, 7) is 1.33. The van der Waals surface area contributed by atoms with E-state index in [9.17, 15) is 0 Å². The van der Waals surface area contributed by atoms with Crippen LogP contribution in [0.2, 0.25) is 0 Å². The van der Waals surface area contributed by atoms with Gasteiger partial charge in [-0.15, -0.1) is 0 Å². The van der Waals surface area contributed by atoms with E-state index in [2.05, 4.69) is 49.9 Å². The number of nitrogens with two attached hydrogens (primary N) is 1. The molecule has 2 aromatic heterocycles. The Morgan fingerprint density at radius 3 is 2.89 bits per heavy atom. The number of aromatic nitrogens is 2. The number of hydrogen-bond acceptors (Lipinski definition) is 2. The van der Waals surface area contributed by atoms with E-state index < -0.39 is 0 Å². The lowest BCUT2D eigenvalue weighted by Gasteiger charge is -2.05. The van der Waals surface area contributed by atoms with Crippen LogP contribution in [0.1, 0.15) is 11.1 Å². The minimum absolute atomic E-state index is 0.535. The van der Waals surface area contributed by atoms with Crippen LogP contribution < -0.4 is 5.73 Å². The molecule has 0 unspecified atom stereocenters. The van der Waals surface area contributed by atoms with Crippen LogP contribution in [0.25, 0.3) is 11.0 Å². The standard InChI is InChI=1S/C15H14BrN3/c16-13-4-1-3-11(7-13)9-19-10-12(8-17)14-5-2-6-18-15(14)19/h1-7,10H,8-9,17H2. The van der Waals surface area contributed by atoms with Crippen molar-refractivity contribution in [2.45, 2.75) is 13.1 Å². The van der Waals surface area contributed by atoms with E-state index in [1.165, 1.54) is 5.56 Å². The number of halogens is 1. The third-order valence-corrected chi connectivity index (χ3v) is 3.67. The smallest absolute Gasteiger partial charge is 0.140 e. The maximum absolute atomic E-state index is 5.80. The number of fused-ring (bicyclic) bond motifs is 1. The molecule has 0 atom stereocenters. The Morgan fingerprint density at radius 2 is 2.11 bits per heavy atom. The van der Waals surface area contributed by atoms with Crippen LogP contribution in [0.15, 0.2) is 53.3 Å². The number of rotatable bonds is 3. The Kier molecular flexibility index (Phi) is 3.36. The van der Waals surface area contributed by atoms with Gasteiger partial charge in [-0.1, -0.05) is 28.1 Å². The normalized spacial score (nSPS) is 11.1. The fourth-order valence-electron chi connectivity index (χ4n) is 2.31. The van der Waals surface area contributed by atoms with Crippen molar-refractivity contribution in [2.24, 2.45) is 5.73 Å². The molecule has 2 heterocycles. The summed E-state index contributed by atoms with van der Waals surface area (Å²) in [6.07, 6.45) is 3.92. The molecular formula is C15H14BrN3. The van der Waals surface area contributed by atoms with Gasteiger partial charge in [0, 0.05) is 35.3 Å². The van der Waals surface area contributed by atoms with Crippen LogP contribution >= 0.6 is 15.9 Å². The third-order valence-electron chi connectivity index (χ3n) is 3.18. The van der Waals surface area contributed by atoms with Gasteiger partial charge in [0.15, 0.2) is 0 Å². The van der Waals surface area contributed by atoms with Crippen molar-refractivity contribution in [1.29, 1.82) is 0 Å². The van der Waals surface area contributed by atoms with E-state index in [1.54, 1.807) is 0 Å². The van der Waals surface area contributed by atoms with Gasteiger partial charge in [0.2, 0.25) is 0 Å². The van der Waals surface area contributed by atoms with E-state index >= 15 is 0 Å². The number of nitrogens with zero attached hydrogens (tertiary/aromatic N) is 2. The molecule has 96 valence electrons. The molecule has 3 rings (SSSR count). The monoisotopic (exact) mass is 315 g/mol. The van der Waals surface area contributed by atoms with Gasteiger partial charge in [0.05, 0.1) is 0 Å². The number of pyridine rings is 1. The second-order valence-electron chi connectivity index (χ2n) is 4.49. The molecule has 3 aromatic rings. The van der Waals surface area contributed by atoms with Crippen molar-refractivity contribution in [3.63, 3.8) is 0 Å². The van der Waals surface area contributed by atoms with Gasteiger partial charge >= 0.3 is 0 Å². The van der Waals surface area contributed by atoms with Crippen molar-refractivity contribution in [3.05, 3.63) is 64.4 Å². The van der Waals surface area contributed by atoms with Gasteiger partial charge in [-0.3, -0.25) is 0 Å². The van der Waals surface area contributed by atoms with Crippen molar-refractivity contribution in [2.75, 3.05) is 0 Å². The molecule has 0 radical (unpaired) electrons. The van der Waals surface area contributed by atoms with Gasteiger partial charge in [-0.2, -0.15) is 0 Å². The van der Waals surface area contributed by atoms with Gasteiger partial charge in [-0.05, 0) is 35.4 Å². The minimum Gasteiger partial charge on any atom is -0.328 e. The van der Waals surface area contributed by atoms with E-state index in [0.717, 1.165) is 27.6 Å². The second kappa shape index (κ2) is 5.15. The largest absolute Gasteiger partial charge is 0.328 e. The van der Waals surface area contributed by atoms with E-state index in [-0.39, 0.29) is 0 Å². The van der Waals surface area contributed by atoms with Crippen molar-refractivity contribution >= 4 is 27.0 Å². The van der Waals surface area contributed by atoms with Crippen LogP contribution in [-0.4, -0.2) is 9.55 Å². The predicted molar refractivity (Wildman–Crippen MR) is 80.9 cm³/mol. The topological polar surface area (TPSA) is 43.8 Å². The van der Waals surface area contributed by atoms with Gasteiger partial charge in [-0.25, -0.2) is 4.98 Å². The highest BCUT2D eigenvalue weighted by atomic mass is 79.9. The molecule has 0 amide bonds. The lowest BCUT2D eigenvalue weighted by atomic mass is 10.2. The second-order valence-corrected chi connectivity index (χ2v) is 5.41. The lowest BCUT2D eigenvalue weighted by Crippen LogP contribution is -1.99. The molecule has 0 bridgehead atoms. The summed E-state index contributed by atoms with van der Waals surface area (Å²) in [6, 6.07) is 12.3. The number of benzene rings is 1. The van der Waals surface area contributed by atoms with Crippen molar-refractivity contribution < 1.29 is 0 Å². The molecular weight excluding hydrogens is 302 g/mol. The first-order valence-corrected chi connectivity index (χ1v) is 6.94. The van der Waals surface area contributed by atoms with Gasteiger partial charge < -0.3 is 10.3 Å². The minimum atomic E-state index is 0.535. The molecule has 0 spiro atoms. The van der Waals surface area contributed by atoms with Crippen molar-refractivity contribution in [3.8, 4) is 0 Å². The Hall–Kier alpha value is -1.65.